The Hall–Kier alpha value is 0.177. The summed E-state index contributed by atoms with van der Waals surface area (Å²) in [5.74, 6) is 0. The summed E-state index contributed by atoms with van der Waals surface area (Å²) in [4.78, 5) is 0. The Morgan fingerprint density at radius 2 is 1.30 bits per heavy atom. The van der Waals surface area contributed by atoms with Crippen LogP contribution in [-0.4, -0.2) is 9.52 Å². The first-order chi connectivity index (χ1) is 4.20. The highest BCUT2D eigenvalue weighted by molar-refractivity contribution is 6.39. The summed E-state index contributed by atoms with van der Waals surface area (Å²) in [6.07, 6.45) is 2.80. The molecule has 0 saturated carbocycles. The number of rotatable bonds is 4. The van der Waals surface area contributed by atoms with Crippen molar-refractivity contribution in [3.63, 3.8) is 0 Å². The molecular formula is C8H23NSi. The zero-order valence-electron chi connectivity index (χ0n) is 7.98. The van der Waals surface area contributed by atoms with Gasteiger partial charge in [-0.2, -0.15) is 0 Å². The molecule has 64 valence electrons. The summed E-state index contributed by atoms with van der Waals surface area (Å²) in [5, 5.41) is 0. The van der Waals surface area contributed by atoms with Gasteiger partial charge >= 0.3 is 0 Å². The van der Waals surface area contributed by atoms with Crippen LogP contribution in [0.3, 0.4) is 0 Å². The molecule has 2 heteroatoms. The molecule has 0 amide bonds. The molecule has 0 bridgehead atoms. The van der Waals surface area contributed by atoms with Crippen LogP contribution in [0.1, 0.15) is 40.5 Å². The van der Waals surface area contributed by atoms with Gasteiger partial charge in [0.1, 0.15) is 0 Å². The van der Waals surface area contributed by atoms with Crippen molar-refractivity contribution in [1.82, 2.24) is 6.15 Å². The van der Waals surface area contributed by atoms with Crippen LogP contribution in [0.5, 0.6) is 0 Å². The van der Waals surface area contributed by atoms with Gasteiger partial charge in [-0.1, -0.05) is 51.6 Å². The van der Waals surface area contributed by atoms with Crippen molar-refractivity contribution in [1.29, 1.82) is 0 Å². The van der Waals surface area contributed by atoms with Crippen LogP contribution in [-0.2, 0) is 0 Å². The lowest BCUT2D eigenvalue weighted by atomic mass is 10.4. The molecule has 3 N–H and O–H groups in total. The van der Waals surface area contributed by atoms with E-state index in [0.717, 1.165) is 11.1 Å². The number of hydrogen-bond donors (Lipinski definition) is 1. The minimum atomic E-state index is 0. The van der Waals surface area contributed by atoms with Crippen LogP contribution >= 0.6 is 0 Å². The fourth-order valence-electron chi connectivity index (χ4n) is 1.02. The molecule has 0 radical (unpaired) electrons. The van der Waals surface area contributed by atoms with Gasteiger partial charge in [0.05, 0.1) is 0 Å². The molecule has 0 saturated heterocycles. The Bertz CT molecular complexity index is 58.3. The van der Waals surface area contributed by atoms with E-state index in [4.69, 9.17) is 0 Å². The average molecular weight is 161 g/mol. The average Bonchev–Trinajstić information content (AvgIpc) is 1.87. The van der Waals surface area contributed by atoms with E-state index >= 15 is 0 Å². The van der Waals surface area contributed by atoms with Crippen LogP contribution in [0.4, 0.5) is 0 Å². The largest absolute Gasteiger partial charge is 0.344 e. The van der Waals surface area contributed by atoms with Gasteiger partial charge < -0.3 is 6.15 Å². The van der Waals surface area contributed by atoms with Gasteiger partial charge in [0.25, 0.3) is 0 Å². The molecule has 0 rings (SSSR count). The Kier molecular flexibility index (Phi) is 9.34. The summed E-state index contributed by atoms with van der Waals surface area (Å²) >= 11 is 0. The molecule has 2 atom stereocenters. The second kappa shape index (κ2) is 7.29. The van der Waals surface area contributed by atoms with E-state index in [2.05, 4.69) is 27.7 Å². The van der Waals surface area contributed by atoms with Gasteiger partial charge in [0.2, 0.25) is 0 Å². The van der Waals surface area contributed by atoms with Crippen molar-refractivity contribution < 1.29 is 0 Å². The van der Waals surface area contributed by atoms with Crippen LogP contribution in [0.2, 0.25) is 11.1 Å². The Balaban J connectivity index is 0. The molecule has 0 aromatic carbocycles. The van der Waals surface area contributed by atoms with Gasteiger partial charge in [-0.05, 0) is 0 Å². The summed E-state index contributed by atoms with van der Waals surface area (Å²) < 4.78 is 0. The van der Waals surface area contributed by atoms with Crippen molar-refractivity contribution in [2.24, 2.45) is 0 Å². The molecular weight excluding hydrogens is 138 g/mol. The Labute approximate surface area is 68.0 Å². The van der Waals surface area contributed by atoms with E-state index < -0.39 is 0 Å². The standard InChI is InChI=1S/C8H20Si.H3N/c1-5-7(3)9-8(4)6-2;/h7-8H,5-6,9H2,1-4H3;1H3. The summed E-state index contributed by atoms with van der Waals surface area (Å²) in [6.45, 7) is 9.41. The predicted molar refractivity (Wildman–Crippen MR) is 53.0 cm³/mol. The lowest BCUT2D eigenvalue weighted by Crippen LogP contribution is -2.03. The molecule has 0 spiro atoms. The summed E-state index contributed by atoms with van der Waals surface area (Å²) in [6, 6.07) is 0. The Morgan fingerprint density at radius 3 is 1.50 bits per heavy atom. The van der Waals surface area contributed by atoms with Crippen molar-refractivity contribution in [2.75, 3.05) is 0 Å². The first kappa shape index (κ1) is 12.8. The monoisotopic (exact) mass is 161 g/mol. The minimum absolute atomic E-state index is 0. The van der Waals surface area contributed by atoms with Gasteiger partial charge in [0.15, 0.2) is 0 Å². The second-order valence-corrected chi connectivity index (χ2v) is 6.52. The minimum Gasteiger partial charge on any atom is -0.344 e. The third-order valence-electron chi connectivity index (χ3n) is 2.20. The zero-order valence-corrected chi connectivity index (χ0v) is 9.40. The van der Waals surface area contributed by atoms with Gasteiger partial charge in [-0.3, -0.25) is 0 Å². The fraction of sp³-hybridized carbons (Fsp3) is 1.00. The third-order valence-corrected chi connectivity index (χ3v) is 4.96. The molecule has 0 aromatic rings. The van der Waals surface area contributed by atoms with Crippen molar-refractivity contribution in [3.05, 3.63) is 0 Å². The van der Waals surface area contributed by atoms with Crippen LogP contribution in [0.25, 0.3) is 0 Å². The zero-order chi connectivity index (χ0) is 7.28. The molecule has 0 aliphatic rings. The third kappa shape index (κ3) is 6.30. The van der Waals surface area contributed by atoms with Gasteiger partial charge in [-0.15, -0.1) is 0 Å². The second-order valence-electron chi connectivity index (χ2n) is 3.26. The highest BCUT2D eigenvalue weighted by atomic mass is 28.2. The SMILES string of the molecule is CCC(C)[SiH2]C(C)CC.N. The first-order valence-electron chi connectivity index (χ1n) is 4.20. The maximum atomic E-state index is 2.40. The van der Waals surface area contributed by atoms with E-state index in [-0.39, 0.29) is 15.7 Å². The van der Waals surface area contributed by atoms with E-state index in [0.29, 0.717) is 0 Å². The quantitative estimate of drug-likeness (QED) is 0.632. The van der Waals surface area contributed by atoms with Gasteiger partial charge in [0, 0.05) is 9.52 Å². The van der Waals surface area contributed by atoms with Gasteiger partial charge in [-0.25, -0.2) is 0 Å². The van der Waals surface area contributed by atoms with Crippen LogP contribution in [0, 0.1) is 0 Å². The Morgan fingerprint density at radius 1 is 1.00 bits per heavy atom. The smallest absolute Gasteiger partial charge is 0.0257 e. The van der Waals surface area contributed by atoms with Crippen LogP contribution < -0.4 is 6.15 Å². The normalized spacial score (nSPS) is 16.8. The maximum Gasteiger partial charge on any atom is 0.0257 e. The highest BCUT2D eigenvalue weighted by Crippen LogP contribution is 2.16. The maximum absolute atomic E-state index is 2.40. The molecule has 10 heavy (non-hydrogen) atoms. The van der Waals surface area contributed by atoms with E-state index in [1.807, 2.05) is 0 Å². The molecule has 2 unspecified atom stereocenters. The molecule has 1 nitrogen and oxygen atoms in total. The molecule has 0 aliphatic heterocycles. The summed E-state index contributed by atoms with van der Waals surface area (Å²) in [5.41, 5.74) is 2.14. The molecule has 0 aliphatic carbocycles. The van der Waals surface area contributed by atoms with Crippen molar-refractivity contribution >= 4 is 9.52 Å². The van der Waals surface area contributed by atoms with E-state index in [1.54, 1.807) is 0 Å². The van der Waals surface area contributed by atoms with E-state index in [9.17, 15) is 0 Å². The predicted octanol–water partition coefficient (Wildman–Crippen LogP) is 2.75. The van der Waals surface area contributed by atoms with Crippen molar-refractivity contribution in [3.8, 4) is 0 Å². The first-order valence-corrected chi connectivity index (χ1v) is 5.83. The van der Waals surface area contributed by atoms with Crippen LogP contribution in [0.15, 0.2) is 0 Å². The van der Waals surface area contributed by atoms with Crippen molar-refractivity contribution in [2.45, 2.75) is 51.6 Å². The molecule has 0 aromatic heterocycles. The lowest BCUT2D eigenvalue weighted by Gasteiger charge is -2.11. The highest BCUT2D eigenvalue weighted by Gasteiger charge is 2.04. The number of hydrogen-bond acceptors (Lipinski definition) is 1. The lowest BCUT2D eigenvalue weighted by molar-refractivity contribution is 0.803. The fourth-order valence-corrected chi connectivity index (χ4v) is 3.06. The van der Waals surface area contributed by atoms with E-state index in [1.165, 1.54) is 12.8 Å². The molecule has 0 fully saturated rings. The summed E-state index contributed by atoms with van der Waals surface area (Å²) in [7, 11) is 0.260. The topological polar surface area (TPSA) is 35.0 Å². The molecule has 0 heterocycles.